The zero-order valence-electron chi connectivity index (χ0n) is 16.2. The quantitative estimate of drug-likeness (QED) is 0.280. The van der Waals surface area contributed by atoms with Crippen molar-refractivity contribution in [2.24, 2.45) is 0 Å². The maximum Gasteiger partial charge on any atom is 0.339 e. The minimum atomic E-state index is -4.34. The van der Waals surface area contributed by atoms with Crippen molar-refractivity contribution >= 4 is 27.4 Å². The first-order chi connectivity index (χ1) is 14.7. The van der Waals surface area contributed by atoms with Crippen LogP contribution in [0.15, 0.2) is 53.4 Å². The predicted octanol–water partition coefficient (Wildman–Crippen LogP) is 4.78. The van der Waals surface area contributed by atoms with E-state index in [-0.39, 0.29) is 27.4 Å². The van der Waals surface area contributed by atoms with Gasteiger partial charge in [-0.05, 0) is 48.9 Å². The van der Waals surface area contributed by atoms with Crippen molar-refractivity contribution in [3.05, 3.63) is 74.9 Å². The molecule has 0 bridgehead atoms. The van der Waals surface area contributed by atoms with Gasteiger partial charge in [0.1, 0.15) is 10.6 Å². The van der Waals surface area contributed by atoms with Crippen molar-refractivity contribution in [2.45, 2.75) is 30.6 Å². The molecule has 1 aliphatic rings. The Balaban J connectivity index is 1.67. The Kier molecular flexibility index (Phi) is 5.50. The maximum atomic E-state index is 12.7. The van der Waals surface area contributed by atoms with E-state index in [1.54, 1.807) is 0 Å². The van der Waals surface area contributed by atoms with E-state index in [9.17, 15) is 18.5 Å². The summed E-state index contributed by atoms with van der Waals surface area (Å²) in [6.07, 6.45) is 2.09. The third-order valence-electron chi connectivity index (χ3n) is 4.69. The number of rotatable bonds is 7. The molecule has 4 rings (SSSR count). The van der Waals surface area contributed by atoms with Crippen LogP contribution in [0.4, 0.5) is 5.69 Å². The van der Waals surface area contributed by atoms with E-state index in [1.807, 2.05) is 25.1 Å². The van der Waals surface area contributed by atoms with E-state index in [4.69, 9.17) is 20.5 Å². The highest BCUT2D eigenvalue weighted by molar-refractivity contribution is 7.87. The van der Waals surface area contributed by atoms with Gasteiger partial charge in [0.05, 0.1) is 4.92 Å². The predicted molar refractivity (Wildman–Crippen MR) is 111 cm³/mol. The molecule has 0 aliphatic heterocycles. The summed E-state index contributed by atoms with van der Waals surface area (Å²) in [7, 11) is -4.34. The lowest BCUT2D eigenvalue weighted by molar-refractivity contribution is -0.384. The lowest BCUT2D eigenvalue weighted by Gasteiger charge is -2.15. The second-order valence-corrected chi connectivity index (χ2v) is 8.93. The Bertz CT molecular complexity index is 1260. The fourth-order valence-electron chi connectivity index (χ4n) is 3.00. The van der Waals surface area contributed by atoms with Crippen LogP contribution >= 0.6 is 11.6 Å². The molecule has 3 aromatic rings. The highest BCUT2D eigenvalue weighted by atomic mass is 35.5. The number of ether oxygens (including phenoxy) is 1. The maximum absolute atomic E-state index is 12.7. The summed E-state index contributed by atoms with van der Waals surface area (Å²) in [4.78, 5) is 9.89. The number of hydrogen-bond donors (Lipinski definition) is 0. The number of aryl methyl sites for hydroxylation is 1. The van der Waals surface area contributed by atoms with Crippen molar-refractivity contribution in [1.29, 1.82) is 0 Å². The van der Waals surface area contributed by atoms with Crippen molar-refractivity contribution in [2.75, 3.05) is 0 Å². The molecule has 0 saturated heterocycles. The summed E-state index contributed by atoms with van der Waals surface area (Å²) in [5.74, 6) is 0.539. The van der Waals surface area contributed by atoms with Crippen molar-refractivity contribution in [3.8, 4) is 17.4 Å². The molecule has 2 aromatic carbocycles. The van der Waals surface area contributed by atoms with E-state index in [0.717, 1.165) is 48.2 Å². The molecule has 0 atom stereocenters. The van der Waals surface area contributed by atoms with Crippen molar-refractivity contribution < 1.29 is 22.3 Å². The highest BCUT2D eigenvalue weighted by Crippen LogP contribution is 2.47. The normalized spacial score (nSPS) is 13.6. The molecule has 0 radical (unpaired) electrons. The fraction of sp³-hybridized carbons (Fsp3) is 0.200. The Labute approximate surface area is 182 Å². The van der Waals surface area contributed by atoms with Gasteiger partial charge in [-0.1, -0.05) is 29.8 Å². The van der Waals surface area contributed by atoms with Gasteiger partial charge in [-0.25, -0.2) is 0 Å². The van der Waals surface area contributed by atoms with Crippen molar-refractivity contribution in [3.63, 3.8) is 0 Å². The second-order valence-electron chi connectivity index (χ2n) is 6.99. The second kappa shape index (κ2) is 8.12. The molecule has 0 N–H and O–H groups in total. The van der Waals surface area contributed by atoms with Crippen LogP contribution in [-0.4, -0.2) is 23.5 Å². The third-order valence-corrected chi connectivity index (χ3v) is 6.12. The van der Waals surface area contributed by atoms with Crippen LogP contribution in [-0.2, 0) is 10.1 Å². The van der Waals surface area contributed by atoms with Gasteiger partial charge in [0.25, 0.3) is 11.6 Å². The minimum Gasteiger partial charge on any atom is -0.434 e. The molecular formula is C20H16ClN3O6S. The average molecular weight is 462 g/mol. The first-order valence-corrected chi connectivity index (χ1v) is 11.0. The van der Waals surface area contributed by atoms with E-state index < -0.39 is 15.0 Å². The largest absolute Gasteiger partial charge is 0.434 e. The summed E-state index contributed by atoms with van der Waals surface area (Å²) in [5.41, 5.74) is 1.61. The number of benzene rings is 2. The zero-order valence-corrected chi connectivity index (χ0v) is 17.8. The molecule has 1 fully saturated rings. The van der Waals surface area contributed by atoms with E-state index in [0.29, 0.717) is 11.7 Å². The molecule has 1 aromatic heterocycles. The highest BCUT2D eigenvalue weighted by Gasteiger charge is 2.29. The zero-order chi connectivity index (χ0) is 22.2. The average Bonchev–Trinajstić information content (AvgIpc) is 3.56. The Morgan fingerprint density at radius 2 is 1.84 bits per heavy atom. The number of non-ortho nitro benzene ring substituents is 1. The number of halogens is 1. The molecule has 1 saturated carbocycles. The monoisotopic (exact) mass is 461 g/mol. The first-order valence-electron chi connectivity index (χ1n) is 9.24. The standard InChI is InChI=1S/C20H16ClN3O6S/c1-12-3-2-4-16(13-5-6-13)19(12)29-20-17(11-18(21)22-23-20)30-31(27,28)15-9-7-14(8-10-15)24(25)26/h2-4,7-11,13H,5-6H2,1H3. The van der Waals surface area contributed by atoms with E-state index >= 15 is 0 Å². The van der Waals surface area contributed by atoms with Gasteiger partial charge < -0.3 is 8.92 Å². The van der Waals surface area contributed by atoms with Gasteiger partial charge >= 0.3 is 10.1 Å². The van der Waals surface area contributed by atoms with Crippen LogP contribution in [0.3, 0.4) is 0 Å². The van der Waals surface area contributed by atoms with Crippen LogP contribution in [0.25, 0.3) is 0 Å². The molecule has 11 heteroatoms. The van der Waals surface area contributed by atoms with E-state index in [1.165, 1.54) is 6.07 Å². The number of nitro groups is 1. The van der Waals surface area contributed by atoms with Crippen LogP contribution in [0, 0.1) is 17.0 Å². The number of para-hydroxylation sites is 1. The summed E-state index contributed by atoms with van der Waals surface area (Å²) in [5, 5.41) is 18.3. The number of aromatic nitrogens is 2. The number of nitrogens with zero attached hydrogens (tertiary/aromatic N) is 3. The topological polar surface area (TPSA) is 122 Å². The molecular weight excluding hydrogens is 446 g/mol. The molecule has 1 heterocycles. The molecule has 31 heavy (non-hydrogen) atoms. The summed E-state index contributed by atoms with van der Waals surface area (Å²) in [6, 6.07) is 11.2. The minimum absolute atomic E-state index is 0.0894. The van der Waals surface area contributed by atoms with Gasteiger partial charge in [-0.3, -0.25) is 10.1 Å². The van der Waals surface area contributed by atoms with Crippen LogP contribution in [0.1, 0.15) is 29.9 Å². The molecule has 9 nitrogen and oxygen atoms in total. The molecule has 0 unspecified atom stereocenters. The van der Waals surface area contributed by atoms with Gasteiger partial charge in [0.2, 0.25) is 5.75 Å². The first kappa shape index (κ1) is 21.0. The molecule has 160 valence electrons. The van der Waals surface area contributed by atoms with Crippen molar-refractivity contribution in [1.82, 2.24) is 10.2 Å². The molecule has 0 amide bonds. The van der Waals surface area contributed by atoms with E-state index in [2.05, 4.69) is 10.2 Å². The Morgan fingerprint density at radius 1 is 1.13 bits per heavy atom. The van der Waals surface area contributed by atoms with Gasteiger partial charge in [-0.2, -0.15) is 8.42 Å². The smallest absolute Gasteiger partial charge is 0.339 e. The molecule has 1 aliphatic carbocycles. The Morgan fingerprint density at radius 3 is 2.48 bits per heavy atom. The number of nitro benzene ring substituents is 1. The van der Waals surface area contributed by atoms with Gasteiger partial charge in [-0.15, -0.1) is 10.2 Å². The van der Waals surface area contributed by atoms with Crippen LogP contribution in [0.2, 0.25) is 5.15 Å². The number of hydrogen-bond acceptors (Lipinski definition) is 8. The van der Waals surface area contributed by atoms with Crippen LogP contribution in [0.5, 0.6) is 17.4 Å². The summed E-state index contributed by atoms with van der Waals surface area (Å²) >= 11 is 5.89. The van der Waals surface area contributed by atoms with Crippen LogP contribution < -0.4 is 8.92 Å². The lowest BCUT2D eigenvalue weighted by Crippen LogP contribution is -2.11. The summed E-state index contributed by atoms with van der Waals surface area (Å²) < 4.78 is 36.6. The third kappa shape index (κ3) is 4.59. The SMILES string of the molecule is Cc1cccc(C2CC2)c1Oc1nnc(Cl)cc1OS(=O)(=O)c1ccc([N+](=O)[O-])cc1. The van der Waals surface area contributed by atoms with Gasteiger partial charge in [0, 0.05) is 18.2 Å². The fourth-order valence-corrected chi connectivity index (χ4v) is 4.06. The molecule has 0 spiro atoms. The summed E-state index contributed by atoms with van der Waals surface area (Å²) in [6.45, 7) is 1.87. The Hall–Kier alpha value is -3.24. The lowest BCUT2D eigenvalue weighted by atomic mass is 10.1. The van der Waals surface area contributed by atoms with Gasteiger partial charge in [0.15, 0.2) is 5.15 Å².